The minimum absolute atomic E-state index is 0. The minimum Gasteiger partial charge on any atom is -0.744 e. The molecule has 0 bridgehead atoms. The fourth-order valence-electron chi connectivity index (χ4n) is 1.42. The van der Waals surface area contributed by atoms with E-state index in [9.17, 15) is 25.9 Å². The predicted octanol–water partition coefficient (Wildman–Crippen LogP) is 0.343. The fraction of sp³-hybridized carbons (Fsp3) is 0. The zero-order valence-electron chi connectivity index (χ0n) is 11.7. The molecule has 0 unspecified atom stereocenters. The van der Waals surface area contributed by atoms with Gasteiger partial charge >= 0.3 is 19.5 Å². The van der Waals surface area contributed by atoms with Gasteiger partial charge < -0.3 is 20.6 Å². The molecule has 0 saturated heterocycles. The SMILES string of the molecule is Nc1ccccc1S(=O)(=O)[O-].Nc1ccccc1S(=O)(=O)[O-].[Zn+2]. The maximum Gasteiger partial charge on any atom is 2.00 e. The number of rotatable bonds is 2. The van der Waals surface area contributed by atoms with Crippen LogP contribution in [0.3, 0.4) is 0 Å². The van der Waals surface area contributed by atoms with Crippen molar-refractivity contribution in [1.82, 2.24) is 0 Å². The molecule has 0 radical (unpaired) electrons. The van der Waals surface area contributed by atoms with Gasteiger partial charge in [0.15, 0.2) is 0 Å². The van der Waals surface area contributed by atoms with Crippen molar-refractivity contribution >= 4 is 31.6 Å². The van der Waals surface area contributed by atoms with Gasteiger partial charge in [0.25, 0.3) is 0 Å². The molecule has 0 fully saturated rings. The van der Waals surface area contributed by atoms with Crippen LogP contribution in [0.5, 0.6) is 0 Å². The number of anilines is 2. The van der Waals surface area contributed by atoms with Gasteiger partial charge in [-0.1, -0.05) is 24.3 Å². The van der Waals surface area contributed by atoms with Crippen molar-refractivity contribution in [2.24, 2.45) is 0 Å². The van der Waals surface area contributed by atoms with Crippen LogP contribution in [-0.4, -0.2) is 25.9 Å². The molecule has 23 heavy (non-hydrogen) atoms. The number of para-hydroxylation sites is 2. The van der Waals surface area contributed by atoms with Crippen molar-refractivity contribution in [1.29, 1.82) is 0 Å². The third-order valence-corrected chi connectivity index (χ3v) is 4.20. The second-order valence-electron chi connectivity index (χ2n) is 3.98. The monoisotopic (exact) mass is 408 g/mol. The summed E-state index contributed by atoms with van der Waals surface area (Å²) >= 11 is 0. The molecule has 4 N–H and O–H groups in total. The number of nitrogen functional groups attached to an aromatic ring is 2. The third-order valence-electron chi connectivity index (χ3n) is 2.38. The third kappa shape index (κ3) is 6.63. The van der Waals surface area contributed by atoms with Crippen LogP contribution in [0.25, 0.3) is 0 Å². The Morgan fingerprint density at radius 2 is 0.913 bits per heavy atom. The fourth-order valence-corrected chi connectivity index (χ4v) is 2.62. The largest absolute Gasteiger partial charge is 2.00 e. The molecule has 2 aromatic rings. The second-order valence-corrected chi connectivity index (χ2v) is 6.68. The Labute approximate surface area is 146 Å². The van der Waals surface area contributed by atoms with Crippen molar-refractivity contribution in [3.8, 4) is 0 Å². The van der Waals surface area contributed by atoms with E-state index in [1.165, 1.54) is 36.4 Å². The topological polar surface area (TPSA) is 166 Å². The Hall–Kier alpha value is -1.52. The van der Waals surface area contributed by atoms with Crippen LogP contribution in [-0.2, 0) is 39.7 Å². The first-order valence-electron chi connectivity index (χ1n) is 5.64. The van der Waals surface area contributed by atoms with Gasteiger partial charge in [0.2, 0.25) is 0 Å². The Kier molecular flexibility index (Phi) is 7.82. The molecule has 0 aliphatic heterocycles. The van der Waals surface area contributed by atoms with Crippen molar-refractivity contribution in [2.45, 2.75) is 9.79 Å². The zero-order chi connectivity index (χ0) is 17.0. The molecule has 0 saturated carbocycles. The summed E-state index contributed by atoms with van der Waals surface area (Å²) in [6.07, 6.45) is 0. The summed E-state index contributed by atoms with van der Waals surface area (Å²) in [4.78, 5) is -0.722. The normalized spacial score (nSPS) is 10.9. The standard InChI is InChI=1S/2C6H7NO3S.Zn/c2*7-5-3-1-2-4-6(5)11(8,9)10;/h2*1-4H,7H2,(H,8,9,10);/q;;+2/p-2. The average molecular weight is 410 g/mol. The van der Waals surface area contributed by atoms with Crippen molar-refractivity contribution < 1.29 is 45.4 Å². The summed E-state index contributed by atoms with van der Waals surface area (Å²) in [5, 5.41) is 0. The van der Waals surface area contributed by atoms with Crippen LogP contribution in [0.4, 0.5) is 11.4 Å². The van der Waals surface area contributed by atoms with Crippen molar-refractivity contribution in [3.05, 3.63) is 48.5 Å². The maximum absolute atomic E-state index is 10.4. The van der Waals surface area contributed by atoms with Gasteiger partial charge in [-0.25, -0.2) is 16.8 Å². The quantitative estimate of drug-likeness (QED) is 0.406. The number of nitrogens with two attached hydrogens (primary N) is 2. The van der Waals surface area contributed by atoms with E-state index in [4.69, 9.17) is 11.5 Å². The van der Waals surface area contributed by atoms with Crippen molar-refractivity contribution in [3.63, 3.8) is 0 Å². The molecule has 0 spiro atoms. The van der Waals surface area contributed by atoms with Gasteiger partial charge in [-0.15, -0.1) is 0 Å². The molecule has 0 aliphatic carbocycles. The van der Waals surface area contributed by atoms with Crippen LogP contribution in [0.15, 0.2) is 58.3 Å². The van der Waals surface area contributed by atoms with E-state index in [1.54, 1.807) is 12.1 Å². The summed E-state index contributed by atoms with van der Waals surface area (Å²) in [5.41, 5.74) is 10.4. The molecular formula is C12H12N2O6S2Zn. The Balaban J connectivity index is 0.000000403. The molecule has 11 heteroatoms. The molecule has 0 aliphatic rings. The molecule has 120 valence electrons. The van der Waals surface area contributed by atoms with Gasteiger partial charge in [0, 0.05) is 11.4 Å². The summed E-state index contributed by atoms with van der Waals surface area (Å²) in [5.74, 6) is 0. The van der Waals surface area contributed by atoms with E-state index in [1.807, 2.05) is 0 Å². The van der Waals surface area contributed by atoms with Crippen LogP contribution in [0.1, 0.15) is 0 Å². The molecule has 0 atom stereocenters. The average Bonchev–Trinajstić information content (AvgIpc) is 2.37. The molecular weight excluding hydrogens is 398 g/mol. The Morgan fingerprint density at radius 1 is 0.652 bits per heavy atom. The minimum atomic E-state index is -4.41. The predicted molar refractivity (Wildman–Crippen MR) is 77.6 cm³/mol. The summed E-state index contributed by atoms with van der Waals surface area (Å²) in [6, 6.07) is 11.1. The van der Waals surface area contributed by atoms with Crippen LogP contribution < -0.4 is 11.5 Å². The van der Waals surface area contributed by atoms with E-state index in [2.05, 4.69) is 0 Å². The first-order valence-corrected chi connectivity index (χ1v) is 8.46. The smallest absolute Gasteiger partial charge is 0.744 e. The molecule has 2 aromatic carbocycles. The second kappa shape index (κ2) is 8.37. The molecule has 0 heterocycles. The van der Waals surface area contributed by atoms with E-state index in [0.29, 0.717) is 0 Å². The maximum atomic E-state index is 10.4. The van der Waals surface area contributed by atoms with Gasteiger partial charge in [0.05, 0.1) is 9.79 Å². The summed E-state index contributed by atoms with van der Waals surface area (Å²) in [6.45, 7) is 0. The Bertz CT molecular complexity index is 795. The van der Waals surface area contributed by atoms with Gasteiger partial charge in [-0.3, -0.25) is 0 Å². The number of hydrogen-bond acceptors (Lipinski definition) is 8. The first-order chi connectivity index (χ1) is 10.0. The van der Waals surface area contributed by atoms with E-state index in [-0.39, 0.29) is 40.6 Å². The molecule has 2 rings (SSSR count). The van der Waals surface area contributed by atoms with E-state index in [0.717, 1.165) is 0 Å². The molecule has 0 amide bonds. The van der Waals surface area contributed by atoms with Gasteiger partial charge in [-0.2, -0.15) is 0 Å². The summed E-state index contributed by atoms with van der Waals surface area (Å²) in [7, 11) is -8.82. The number of hydrogen-bond donors (Lipinski definition) is 2. The first kappa shape index (κ1) is 21.5. The Morgan fingerprint density at radius 3 is 1.09 bits per heavy atom. The van der Waals surface area contributed by atoms with Gasteiger partial charge in [0.1, 0.15) is 20.2 Å². The zero-order valence-corrected chi connectivity index (χ0v) is 16.3. The van der Waals surface area contributed by atoms with E-state index < -0.39 is 20.2 Å². The van der Waals surface area contributed by atoms with Crippen LogP contribution >= 0.6 is 0 Å². The number of benzene rings is 2. The molecule has 8 nitrogen and oxygen atoms in total. The summed E-state index contributed by atoms with van der Waals surface area (Å²) < 4.78 is 62.5. The van der Waals surface area contributed by atoms with Crippen LogP contribution in [0, 0.1) is 0 Å². The molecule has 0 aromatic heterocycles. The van der Waals surface area contributed by atoms with Gasteiger partial charge in [-0.05, 0) is 24.3 Å². The van der Waals surface area contributed by atoms with Crippen LogP contribution in [0.2, 0.25) is 0 Å². The van der Waals surface area contributed by atoms with E-state index >= 15 is 0 Å². The van der Waals surface area contributed by atoms with Crippen molar-refractivity contribution in [2.75, 3.05) is 11.5 Å².